The van der Waals surface area contributed by atoms with Crippen LogP contribution in [0.15, 0.2) is 36.5 Å². The highest BCUT2D eigenvalue weighted by molar-refractivity contribution is 5.66. The molecule has 0 aliphatic carbocycles. The summed E-state index contributed by atoms with van der Waals surface area (Å²) in [4.78, 5) is 10.3. The Morgan fingerprint density at radius 1 is 0.950 bits per heavy atom. The summed E-state index contributed by atoms with van der Waals surface area (Å²) in [6, 6.07) is 0. The van der Waals surface area contributed by atoms with Crippen molar-refractivity contribution in [2.45, 2.75) is 71.1 Å². The molecule has 0 amide bonds. The van der Waals surface area contributed by atoms with Crippen molar-refractivity contribution in [1.82, 2.24) is 0 Å². The van der Waals surface area contributed by atoms with Gasteiger partial charge >= 0.3 is 5.97 Å². The Hall–Kier alpha value is -1.31. The number of carbonyl (C=O) groups is 1. The minimum absolute atomic E-state index is 0.218. The van der Waals surface area contributed by atoms with Crippen LogP contribution in [0.5, 0.6) is 0 Å². The summed E-state index contributed by atoms with van der Waals surface area (Å²) in [5.74, 6) is -0.689. The molecule has 114 valence electrons. The molecule has 0 aliphatic heterocycles. The highest BCUT2D eigenvalue weighted by Crippen LogP contribution is 2.07. The van der Waals surface area contributed by atoms with Gasteiger partial charge in [-0.3, -0.25) is 4.79 Å². The van der Waals surface area contributed by atoms with Crippen molar-refractivity contribution in [2.24, 2.45) is 0 Å². The molecule has 1 atom stereocenters. The van der Waals surface area contributed by atoms with E-state index < -0.39 is 5.97 Å². The van der Waals surface area contributed by atoms with Crippen LogP contribution in [0.4, 0.5) is 0 Å². The Balaban J connectivity index is 3.38. The molecule has 1 N–H and O–H groups in total. The summed E-state index contributed by atoms with van der Waals surface area (Å²) in [6.45, 7) is 2.07. The highest BCUT2D eigenvalue weighted by Gasteiger charge is 1.95. The lowest BCUT2D eigenvalue weighted by molar-refractivity contribution is -0.137. The number of aliphatic carboxylic acids is 1. The van der Waals surface area contributed by atoms with Crippen molar-refractivity contribution < 1.29 is 11.3 Å². The predicted octanol–water partition coefficient (Wildman–Crippen LogP) is 5.66. The Bertz CT molecular complexity index is 332. The molecule has 20 heavy (non-hydrogen) atoms. The second kappa shape index (κ2) is 15.7. The maximum atomic E-state index is 10.3. The van der Waals surface area contributed by atoms with Gasteiger partial charge in [-0.15, -0.1) is 0 Å². The Kier molecular flexibility index (Phi) is 13.2. The van der Waals surface area contributed by atoms with Crippen LogP contribution in [0.25, 0.3) is 0 Å². The van der Waals surface area contributed by atoms with Crippen molar-refractivity contribution in [2.75, 3.05) is 0 Å². The fourth-order valence-corrected chi connectivity index (χ4v) is 1.80. The molecule has 1 unspecified atom stereocenters. The van der Waals surface area contributed by atoms with Crippen LogP contribution < -0.4 is 0 Å². The molecule has 0 radical (unpaired) electrons. The van der Waals surface area contributed by atoms with Gasteiger partial charge in [-0.05, 0) is 38.5 Å². The average Bonchev–Trinajstić information content (AvgIpc) is 2.45. The van der Waals surface area contributed by atoms with Gasteiger partial charge in [0, 0.05) is 7.79 Å². The average molecular weight is 279 g/mol. The van der Waals surface area contributed by atoms with Crippen LogP contribution in [-0.4, -0.2) is 11.1 Å². The molecule has 2 heteroatoms. The Labute approximate surface area is 125 Å². The van der Waals surface area contributed by atoms with Crippen molar-refractivity contribution in [3.8, 4) is 0 Å². The van der Waals surface area contributed by atoms with Gasteiger partial charge < -0.3 is 5.11 Å². The number of carboxylic acid groups (broad SMARTS) is 1. The van der Waals surface area contributed by atoms with Crippen LogP contribution in [0.2, 0.25) is 0 Å². The fraction of sp³-hybridized carbons (Fsp3) is 0.611. The molecule has 0 saturated heterocycles. The maximum absolute atomic E-state index is 10.3. The second-order valence-corrected chi connectivity index (χ2v) is 4.86. The van der Waals surface area contributed by atoms with Crippen LogP contribution in [0, 0.1) is 0 Å². The van der Waals surface area contributed by atoms with Gasteiger partial charge in [0.1, 0.15) is 0 Å². The monoisotopic (exact) mass is 279 g/mol. The van der Waals surface area contributed by atoms with Crippen LogP contribution in [0.3, 0.4) is 0 Å². The summed E-state index contributed by atoms with van der Waals surface area (Å²) in [6.07, 6.45) is 20.6. The zero-order chi connectivity index (χ0) is 15.8. The predicted molar refractivity (Wildman–Crippen MR) is 86.9 cm³/mol. The summed E-state index contributed by atoms with van der Waals surface area (Å²) >= 11 is 0. The third-order valence-corrected chi connectivity index (χ3v) is 2.93. The first-order chi connectivity index (χ1) is 10.2. The van der Waals surface area contributed by atoms with Crippen molar-refractivity contribution >= 4 is 5.97 Å². The van der Waals surface area contributed by atoms with E-state index in [0.29, 0.717) is 6.42 Å². The first-order valence-electron chi connectivity index (χ1n) is 8.37. The largest absolute Gasteiger partial charge is 0.481 e. The molecular weight excluding hydrogens is 248 g/mol. The standard InChI is InChI=1S/C18H30O2/c1-2-3-4-5-6-7-8-9-10-11-12-13-14-15-16-17-18(19)20/h3-4,6-7,9-10H,2,5,8,11-17H2,1H3,(H,19,20)/b4-3-,7-6-,10-9-/i5D. The fourth-order valence-electron chi connectivity index (χ4n) is 1.80. The van der Waals surface area contributed by atoms with E-state index >= 15 is 0 Å². The van der Waals surface area contributed by atoms with Crippen molar-refractivity contribution in [1.29, 1.82) is 0 Å². The van der Waals surface area contributed by atoms with Crippen LogP contribution in [-0.2, 0) is 4.79 Å². The third-order valence-electron chi connectivity index (χ3n) is 2.93. The van der Waals surface area contributed by atoms with E-state index in [9.17, 15) is 4.79 Å². The van der Waals surface area contributed by atoms with E-state index in [2.05, 4.69) is 19.1 Å². The molecule has 0 aromatic heterocycles. The van der Waals surface area contributed by atoms with E-state index in [4.69, 9.17) is 6.48 Å². The summed E-state index contributed by atoms with van der Waals surface area (Å²) in [5, 5.41) is 8.50. The van der Waals surface area contributed by atoms with Gasteiger partial charge in [-0.25, -0.2) is 0 Å². The first-order valence-corrected chi connectivity index (χ1v) is 7.79. The maximum Gasteiger partial charge on any atom is 0.303 e. The number of hydrogen-bond donors (Lipinski definition) is 1. The topological polar surface area (TPSA) is 37.3 Å². The van der Waals surface area contributed by atoms with Gasteiger partial charge in [0.15, 0.2) is 0 Å². The van der Waals surface area contributed by atoms with Crippen molar-refractivity contribution in [3.63, 3.8) is 0 Å². The van der Waals surface area contributed by atoms with Gasteiger partial charge in [0.2, 0.25) is 0 Å². The Morgan fingerprint density at radius 3 is 2.35 bits per heavy atom. The molecule has 0 saturated carbocycles. The van der Waals surface area contributed by atoms with E-state index in [1.54, 1.807) is 0 Å². The zero-order valence-corrected chi connectivity index (χ0v) is 12.8. The molecule has 0 spiro atoms. The van der Waals surface area contributed by atoms with Gasteiger partial charge in [0.05, 0.1) is 0 Å². The number of unbranched alkanes of at least 4 members (excludes halogenated alkanes) is 5. The highest BCUT2D eigenvalue weighted by atomic mass is 16.4. The molecule has 2 nitrogen and oxygen atoms in total. The van der Waals surface area contributed by atoms with Gasteiger partial charge in [-0.2, -0.15) is 0 Å². The summed E-state index contributed by atoms with van der Waals surface area (Å²) in [7, 11) is 0. The lowest BCUT2D eigenvalue weighted by Crippen LogP contribution is -1.93. The molecule has 0 aromatic rings. The smallest absolute Gasteiger partial charge is 0.303 e. The van der Waals surface area contributed by atoms with Gasteiger partial charge in [0.25, 0.3) is 0 Å². The number of carboxylic acids is 1. The van der Waals surface area contributed by atoms with E-state index in [0.717, 1.165) is 38.5 Å². The zero-order valence-electron chi connectivity index (χ0n) is 13.8. The molecule has 0 heterocycles. The third kappa shape index (κ3) is 16.7. The van der Waals surface area contributed by atoms with Crippen molar-refractivity contribution in [3.05, 3.63) is 36.5 Å². The van der Waals surface area contributed by atoms with E-state index in [1.165, 1.54) is 12.8 Å². The number of hydrogen-bond acceptors (Lipinski definition) is 1. The van der Waals surface area contributed by atoms with E-state index in [1.807, 2.05) is 24.3 Å². The quantitative estimate of drug-likeness (QED) is 0.349. The van der Waals surface area contributed by atoms with Crippen LogP contribution in [0.1, 0.15) is 72.5 Å². The number of allylic oxidation sites excluding steroid dienone is 6. The Morgan fingerprint density at radius 2 is 1.60 bits per heavy atom. The molecule has 0 aromatic carbocycles. The number of rotatable bonds is 13. The first kappa shape index (κ1) is 16.7. The normalized spacial score (nSPS) is 14.3. The lowest BCUT2D eigenvalue weighted by Gasteiger charge is -1.98. The molecule has 0 fully saturated rings. The van der Waals surface area contributed by atoms with Crippen LogP contribution >= 0.6 is 0 Å². The molecule has 0 bridgehead atoms. The molecule has 0 rings (SSSR count). The molecule has 0 aliphatic rings. The minimum Gasteiger partial charge on any atom is -0.481 e. The summed E-state index contributed by atoms with van der Waals surface area (Å²) < 4.78 is 7.69. The lowest BCUT2D eigenvalue weighted by atomic mass is 10.1. The minimum atomic E-state index is -0.689. The molecular formula is C18H30O2. The SMILES string of the molecule is [2H]C(/C=C\CC)/C=C\C/C=C\CCCCCCCC(=O)O. The van der Waals surface area contributed by atoms with E-state index in [-0.39, 0.29) is 6.40 Å². The van der Waals surface area contributed by atoms with Gasteiger partial charge in [-0.1, -0.05) is 62.6 Å². The second-order valence-electron chi connectivity index (χ2n) is 4.86. The summed E-state index contributed by atoms with van der Waals surface area (Å²) in [5.41, 5.74) is 0.